The second-order valence-electron chi connectivity index (χ2n) is 3.72. The van der Waals surface area contributed by atoms with Crippen molar-refractivity contribution in [2.24, 2.45) is 0 Å². The Kier molecular flexibility index (Phi) is 3.56. The van der Waals surface area contributed by atoms with Gasteiger partial charge < -0.3 is 10.5 Å². The first-order valence-electron chi connectivity index (χ1n) is 5.31. The molecule has 92 valence electrons. The monoisotopic (exact) mass is 269 g/mol. The van der Waals surface area contributed by atoms with E-state index in [1.165, 1.54) is 12.1 Å². The normalized spacial score (nSPS) is 9.42. The molecule has 0 spiro atoms. The summed E-state index contributed by atoms with van der Waals surface area (Å²) in [5.41, 5.74) is 6.98. The van der Waals surface area contributed by atoms with Crippen LogP contribution in [0.5, 0.6) is 11.5 Å². The van der Waals surface area contributed by atoms with Gasteiger partial charge in [0.1, 0.15) is 17.6 Å². The molecule has 0 heterocycles. The predicted octanol–water partition coefficient (Wildman–Crippen LogP) is 3.46. The first-order valence-corrected chi connectivity index (χ1v) is 5.69. The first-order chi connectivity index (χ1) is 9.13. The maximum Gasteiger partial charge on any atom is 0.150 e. The third-order valence-corrected chi connectivity index (χ3v) is 2.74. The molecule has 0 amide bonds. The third kappa shape index (κ3) is 2.77. The van der Waals surface area contributed by atoms with Crippen molar-refractivity contribution in [1.29, 1.82) is 10.5 Å². The SMILES string of the molecule is N#Cc1ccc(Oc2ccc(C#N)c(Cl)c2)c(N)c1. The van der Waals surface area contributed by atoms with Gasteiger partial charge in [-0.15, -0.1) is 0 Å². The van der Waals surface area contributed by atoms with Crippen LogP contribution in [-0.2, 0) is 0 Å². The maximum absolute atomic E-state index is 8.77. The molecule has 2 rings (SSSR count). The first kappa shape index (κ1) is 12.8. The Morgan fingerprint density at radius 1 is 1.05 bits per heavy atom. The van der Waals surface area contributed by atoms with Crippen molar-refractivity contribution in [3.8, 4) is 23.6 Å². The van der Waals surface area contributed by atoms with Crippen molar-refractivity contribution in [2.45, 2.75) is 0 Å². The van der Waals surface area contributed by atoms with Gasteiger partial charge in [-0.1, -0.05) is 11.6 Å². The summed E-state index contributed by atoms with van der Waals surface area (Å²) in [5, 5.41) is 17.8. The van der Waals surface area contributed by atoms with E-state index < -0.39 is 0 Å². The number of anilines is 1. The highest BCUT2D eigenvalue weighted by Gasteiger charge is 2.06. The lowest BCUT2D eigenvalue weighted by atomic mass is 10.2. The molecule has 0 bridgehead atoms. The van der Waals surface area contributed by atoms with E-state index >= 15 is 0 Å². The van der Waals surface area contributed by atoms with E-state index in [1.54, 1.807) is 24.3 Å². The Morgan fingerprint density at radius 2 is 1.84 bits per heavy atom. The number of halogens is 1. The van der Waals surface area contributed by atoms with E-state index in [-0.39, 0.29) is 0 Å². The number of nitrogen functional groups attached to an aromatic ring is 1. The van der Waals surface area contributed by atoms with E-state index in [2.05, 4.69) is 0 Å². The van der Waals surface area contributed by atoms with Crippen LogP contribution in [0, 0.1) is 22.7 Å². The predicted molar refractivity (Wildman–Crippen MR) is 71.8 cm³/mol. The molecule has 0 aliphatic heterocycles. The zero-order valence-corrected chi connectivity index (χ0v) is 10.5. The molecule has 0 aromatic heterocycles. The van der Waals surface area contributed by atoms with E-state index in [4.69, 9.17) is 32.6 Å². The molecular formula is C14H8ClN3O. The lowest BCUT2D eigenvalue weighted by Gasteiger charge is -2.09. The standard InChI is InChI=1S/C14H8ClN3O/c15-12-6-11(3-2-10(12)8-17)19-14-4-1-9(7-16)5-13(14)18/h1-6H,18H2. The van der Waals surface area contributed by atoms with Crippen molar-refractivity contribution in [3.63, 3.8) is 0 Å². The van der Waals surface area contributed by atoms with Crippen LogP contribution >= 0.6 is 11.6 Å². The summed E-state index contributed by atoms with van der Waals surface area (Å²) in [7, 11) is 0. The molecule has 0 unspecified atom stereocenters. The second-order valence-corrected chi connectivity index (χ2v) is 4.13. The second kappa shape index (κ2) is 5.30. The van der Waals surface area contributed by atoms with Crippen LogP contribution in [-0.4, -0.2) is 0 Å². The Morgan fingerprint density at radius 3 is 2.42 bits per heavy atom. The van der Waals surface area contributed by atoms with Gasteiger partial charge in [0, 0.05) is 6.07 Å². The lowest BCUT2D eigenvalue weighted by Crippen LogP contribution is -1.93. The summed E-state index contributed by atoms with van der Waals surface area (Å²) >= 11 is 5.91. The summed E-state index contributed by atoms with van der Waals surface area (Å²) < 4.78 is 5.56. The number of hydrogen-bond donors (Lipinski definition) is 1. The highest BCUT2D eigenvalue weighted by molar-refractivity contribution is 6.31. The van der Waals surface area contributed by atoms with Crippen LogP contribution in [0.3, 0.4) is 0 Å². The molecule has 19 heavy (non-hydrogen) atoms. The van der Waals surface area contributed by atoms with Crippen LogP contribution in [0.2, 0.25) is 5.02 Å². The molecule has 0 saturated carbocycles. The number of benzene rings is 2. The van der Waals surface area contributed by atoms with Crippen molar-refractivity contribution in [3.05, 3.63) is 52.5 Å². The number of nitrogens with two attached hydrogens (primary N) is 1. The average molecular weight is 270 g/mol. The minimum atomic E-state index is 0.312. The Labute approximate surface area is 115 Å². The minimum absolute atomic E-state index is 0.312. The summed E-state index contributed by atoms with van der Waals surface area (Å²) in [6.07, 6.45) is 0. The summed E-state index contributed by atoms with van der Waals surface area (Å²) in [6.45, 7) is 0. The van der Waals surface area contributed by atoms with Crippen molar-refractivity contribution >= 4 is 17.3 Å². The van der Waals surface area contributed by atoms with Gasteiger partial charge in [-0.2, -0.15) is 10.5 Å². The molecule has 0 saturated heterocycles. The summed E-state index contributed by atoms with van der Waals surface area (Å²) in [4.78, 5) is 0. The van der Waals surface area contributed by atoms with Gasteiger partial charge in [-0.05, 0) is 30.3 Å². The summed E-state index contributed by atoms with van der Waals surface area (Å²) in [5.74, 6) is 0.903. The van der Waals surface area contributed by atoms with Crippen molar-refractivity contribution in [2.75, 3.05) is 5.73 Å². The van der Waals surface area contributed by atoms with Crippen molar-refractivity contribution in [1.82, 2.24) is 0 Å². The van der Waals surface area contributed by atoms with Gasteiger partial charge in [0.2, 0.25) is 0 Å². The van der Waals surface area contributed by atoms with Crippen LogP contribution in [0.4, 0.5) is 5.69 Å². The molecule has 2 N–H and O–H groups in total. The highest BCUT2D eigenvalue weighted by atomic mass is 35.5. The topological polar surface area (TPSA) is 82.8 Å². The lowest BCUT2D eigenvalue weighted by molar-refractivity contribution is 0.485. The highest BCUT2D eigenvalue weighted by Crippen LogP contribution is 2.30. The fraction of sp³-hybridized carbons (Fsp3) is 0. The van der Waals surface area contributed by atoms with Gasteiger partial charge >= 0.3 is 0 Å². The summed E-state index contributed by atoms with van der Waals surface area (Å²) in [6, 6.07) is 13.4. The van der Waals surface area contributed by atoms with E-state index in [9.17, 15) is 0 Å². The fourth-order valence-corrected chi connectivity index (χ4v) is 1.70. The molecule has 4 nitrogen and oxygen atoms in total. The molecule has 0 aliphatic rings. The third-order valence-electron chi connectivity index (χ3n) is 2.43. The van der Waals surface area contributed by atoms with Crippen molar-refractivity contribution < 1.29 is 4.74 Å². The van der Waals surface area contributed by atoms with E-state index in [1.807, 2.05) is 12.1 Å². The van der Waals surface area contributed by atoms with E-state index in [0.29, 0.717) is 33.3 Å². The van der Waals surface area contributed by atoms with E-state index in [0.717, 1.165) is 0 Å². The van der Waals surface area contributed by atoms with Gasteiger partial charge in [-0.25, -0.2) is 0 Å². The molecule has 2 aromatic rings. The van der Waals surface area contributed by atoms with Crippen LogP contribution in [0.1, 0.15) is 11.1 Å². The average Bonchev–Trinajstić information content (AvgIpc) is 2.41. The van der Waals surface area contributed by atoms with Gasteiger partial charge in [0.05, 0.1) is 27.9 Å². The number of nitrogens with zero attached hydrogens (tertiary/aromatic N) is 2. The van der Waals surface area contributed by atoms with Crippen LogP contribution < -0.4 is 10.5 Å². The maximum atomic E-state index is 8.77. The minimum Gasteiger partial charge on any atom is -0.455 e. The van der Waals surface area contributed by atoms with Gasteiger partial charge in [0.25, 0.3) is 0 Å². The number of ether oxygens (including phenoxy) is 1. The Hall–Kier alpha value is -2.69. The smallest absolute Gasteiger partial charge is 0.150 e. The van der Waals surface area contributed by atoms with Gasteiger partial charge in [-0.3, -0.25) is 0 Å². The number of hydrogen-bond acceptors (Lipinski definition) is 4. The number of rotatable bonds is 2. The fourth-order valence-electron chi connectivity index (χ4n) is 1.49. The molecular weight excluding hydrogens is 262 g/mol. The quantitative estimate of drug-likeness (QED) is 0.846. The zero-order chi connectivity index (χ0) is 13.8. The molecule has 0 aliphatic carbocycles. The molecule has 5 heteroatoms. The number of nitriles is 2. The van der Waals surface area contributed by atoms with Crippen LogP contribution in [0.25, 0.3) is 0 Å². The van der Waals surface area contributed by atoms with Crippen LogP contribution in [0.15, 0.2) is 36.4 Å². The molecule has 0 atom stereocenters. The largest absolute Gasteiger partial charge is 0.455 e. The molecule has 2 aromatic carbocycles. The Balaban J connectivity index is 2.30. The molecule has 0 fully saturated rings. The zero-order valence-electron chi connectivity index (χ0n) is 9.72. The molecule has 0 radical (unpaired) electrons. The Bertz CT molecular complexity index is 714. The van der Waals surface area contributed by atoms with Gasteiger partial charge in [0.15, 0.2) is 0 Å².